The van der Waals surface area contributed by atoms with Gasteiger partial charge in [0.15, 0.2) is 0 Å². The van der Waals surface area contributed by atoms with Crippen molar-refractivity contribution in [3.8, 4) is 0 Å². The van der Waals surface area contributed by atoms with Crippen molar-refractivity contribution < 1.29 is 0 Å². The van der Waals surface area contributed by atoms with Crippen LogP contribution < -0.4 is 5.44 Å². The summed E-state index contributed by atoms with van der Waals surface area (Å²) in [4.78, 5) is 4.50. The van der Waals surface area contributed by atoms with E-state index >= 15 is 0 Å². The van der Waals surface area contributed by atoms with Crippen LogP contribution in [0, 0.1) is 0 Å². The molecule has 0 spiro atoms. The minimum atomic E-state index is -0.115. The number of aryl methyl sites for hydroxylation is 1. The summed E-state index contributed by atoms with van der Waals surface area (Å²) in [7, 11) is 6.55. The van der Waals surface area contributed by atoms with Gasteiger partial charge in [0.1, 0.15) is 0 Å². The second kappa shape index (κ2) is 7.19. The van der Waals surface area contributed by atoms with Gasteiger partial charge in [-0.15, -0.1) is 17.9 Å². The van der Waals surface area contributed by atoms with Gasteiger partial charge in [-0.1, -0.05) is 27.4 Å². The van der Waals surface area contributed by atoms with E-state index in [1.54, 1.807) is 0 Å². The van der Waals surface area contributed by atoms with Crippen LogP contribution in [-0.4, -0.2) is 4.98 Å². The lowest BCUT2D eigenvalue weighted by molar-refractivity contribution is 0.796. The molecule has 0 amide bonds. The Labute approximate surface area is 93.9 Å². The molecular formula is C9H17NP4. The monoisotopic (exact) mass is 263 g/mol. The Morgan fingerprint density at radius 1 is 1.57 bits per heavy atom. The van der Waals surface area contributed by atoms with Crippen molar-refractivity contribution in [2.24, 2.45) is 0 Å². The van der Waals surface area contributed by atoms with Crippen LogP contribution in [-0.2, 0) is 6.42 Å². The van der Waals surface area contributed by atoms with Crippen molar-refractivity contribution in [3.05, 3.63) is 23.9 Å². The molecule has 0 radical (unpaired) electrons. The standard InChI is InChI=1S/C9H17NP4/c1-2-3-5-8-6-4-7-10-9(8)14(12)13-11/h4,6-7,13H,2-3,5,11-12H2,1H3. The third-order valence-corrected chi connectivity index (χ3v) is 11.9. The quantitative estimate of drug-likeness (QED) is 0.738. The topological polar surface area (TPSA) is 12.9 Å². The van der Waals surface area contributed by atoms with E-state index in [0.717, 1.165) is 7.96 Å². The smallest absolute Gasteiger partial charge is 0.0744 e. The summed E-state index contributed by atoms with van der Waals surface area (Å²) in [5.74, 6) is 0. The average Bonchev–Trinajstić information content (AvgIpc) is 2.25. The highest BCUT2D eigenvalue weighted by Gasteiger charge is 2.09. The van der Waals surface area contributed by atoms with E-state index < -0.39 is 0 Å². The molecule has 1 heterocycles. The number of unbranched alkanes of at least 4 members (excludes halogenated alkanes) is 1. The Hall–Kier alpha value is 0.870. The van der Waals surface area contributed by atoms with Gasteiger partial charge < -0.3 is 0 Å². The number of hydrogen-bond donors (Lipinski definition) is 0. The molecule has 14 heavy (non-hydrogen) atoms. The maximum Gasteiger partial charge on any atom is 0.0744 e. The largest absolute Gasteiger partial charge is 0.256 e. The molecule has 0 N–H and O–H groups in total. The minimum absolute atomic E-state index is 0.115. The number of aromatic nitrogens is 1. The van der Waals surface area contributed by atoms with Crippen LogP contribution in [0.5, 0.6) is 0 Å². The lowest BCUT2D eigenvalue weighted by atomic mass is 10.1. The Morgan fingerprint density at radius 2 is 2.36 bits per heavy atom. The van der Waals surface area contributed by atoms with E-state index in [0.29, 0.717) is 0 Å². The van der Waals surface area contributed by atoms with Gasteiger partial charge in [0, 0.05) is 6.20 Å². The third-order valence-electron chi connectivity index (χ3n) is 2.03. The normalized spacial score (nSPS) is 13.6. The highest BCUT2D eigenvalue weighted by molar-refractivity contribution is 8.63. The third kappa shape index (κ3) is 3.79. The summed E-state index contributed by atoms with van der Waals surface area (Å²) in [5.41, 5.74) is 2.78. The maximum absolute atomic E-state index is 4.50. The Bertz CT molecular complexity index is 279. The van der Waals surface area contributed by atoms with Crippen molar-refractivity contribution in [1.82, 2.24) is 4.98 Å². The first-order chi connectivity index (χ1) is 6.79. The van der Waals surface area contributed by atoms with E-state index in [4.69, 9.17) is 0 Å². The maximum atomic E-state index is 4.50. The SMILES string of the molecule is CCCCc1cccnc1P(P)PP. The van der Waals surface area contributed by atoms with Crippen LogP contribution in [0.1, 0.15) is 25.3 Å². The van der Waals surface area contributed by atoms with E-state index in [-0.39, 0.29) is 7.30 Å². The highest BCUT2D eigenvalue weighted by Crippen LogP contribution is 2.64. The zero-order valence-corrected chi connectivity index (χ0v) is 12.6. The first kappa shape index (κ1) is 12.9. The predicted octanol–water partition coefficient (Wildman–Crippen LogP) is 3.71. The van der Waals surface area contributed by atoms with Gasteiger partial charge in [-0.25, -0.2) is 0 Å². The first-order valence-electron chi connectivity index (χ1n) is 4.74. The van der Waals surface area contributed by atoms with Gasteiger partial charge >= 0.3 is 0 Å². The summed E-state index contributed by atoms with van der Waals surface area (Å²) < 4.78 is 0. The lowest BCUT2D eigenvalue weighted by Crippen LogP contribution is -2.08. The van der Waals surface area contributed by atoms with Gasteiger partial charge in [-0.2, -0.15) is 0 Å². The molecule has 0 aliphatic rings. The molecule has 0 aromatic carbocycles. The number of pyridine rings is 1. The number of nitrogens with zero attached hydrogens (tertiary/aromatic N) is 1. The summed E-state index contributed by atoms with van der Waals surface area (Å²) in [5, 5.41) is 0. The summed E-state index contributed by atoms with van der Waals surface area (Å²) in [6, 6.07) is 4.27. The van der Waals surface area contributed by atoms with Gasteiger partial charge in [0.05, 0.1) is 5.44 Å². The van der Waals surface area contributed by atoms with Crippen molar-refractivity contribution in [2.45, 2.75) is 26.2 Å². The molecule has 0 aliphatic carbocycles. The first-order valence-corrected chi connectivity index (χ1v) is 11.4. The predicted molar refractivity (Wildman–Crippen MR) is 77.1 cm³/mol. The van der Waals surface area contributed by atoms with Crippen LogP contribution in [0.25, 0.3) is 0 Å². The van der Waals surface area contributed by atoms with E-state index in [1.165, 1.54) is 30.3 Å². The zero-order chi connectivity index (χ0) is 10.4. The van der Waals surface area contributed by atoms with Crippen molar-refractivity contribution >= 4 is 38.5 Å². The molecule has 0 saturated carbocycles. The lowest BCUT2D eigenvalue weighted by Gasteiger charge is -2.12. The van der Waals surface area contributed by atoms with E-state index in [9.17, 15) is 0 Å². The Balaban J connectivity index is 2.79. The molecule has 1 rings (SSSR count). The Morgan fingerprint density at radius 3 is 3.00 bits per heavy atom. The summed E-state index contributed by atoms with van der Waals surface area (Å²) in [6.45, 7) is 2.23. The van der Waals surface area contributed by atoms with E-state index in [1.807, 2.05) is 12.3 Å². The second-order valence-corrected chi connectivity index (χ2v) is 12.2. The van der Waals surface area contributed by atoms with Crippen LogP contribution in [0.15, 0.2) is 18.3 Å². The van der Waals surface area contributed by atoms with Crippen LogP contribution in [0.2, 0.25) is 0 Å². The highest BCUT2D eigenvalue weighted by atomic mass is 32.6. The molecule has 0 fully saturated rings. The van der Waals surface area contributed by atoms with Crippen molar-refractivity contribution in [3.63, 3.8) is 0 Å². The molecular weight excluding hydrogens is 246 g/mol. The van der Waals surface area contributed by atoms with Gasteiger partial charge in [-0.3, -0.25) is 4.98 Å². The van der Waals surface area contributed by atoms with Gasteiger partial charge in [0.25, 0.3) is 0 Å². The fraction of sp³-hybridized carbons (Fsp3) is 0.444. The molecule has 5 heteroatoms. The zero-order valence-electron chi connectivity index (χ0n) is 8.40. The molecule has 4 atom stereocenters. The van der Waals surface area contributed by atoms with Crippen LogP contribution in [0.4, 0.5) is 0 Å². The second-order valence-electron chi connectivity index (χ2n) is 3.09. The van der Waals surface area contributed by atoms with Crippen LogP contribution in [0.3, 0.4) is 0 Å². The molecule has 0 saturated heterocycles. The molecule has 4 unspecified atom stereocenters. The summed E-state index contributed by atoms with van der Waals surface area (Å²) >= 11 is 0. The molecule has 1 aromatic rings. The van der Waals surface area contributed by atoms with Crippen molar-refractivity contribution in [2.75, 3.05) is 0 Å². The molecule has 1 nitrogen and oxygen atoms in total. The van der Waals surface area contributed by atoms with Gasteiger partial charge in [-0.05, 0) is 31.8 Å². The molecule has 78 valence electrons. The van der Waals surface area contributed by atoms with Crippen LogP contribution >= 0.6 is 33.1 Å². The average molecular weight is 263 g/mol. The molecule has 1 aromatic heterocycles. The summed E-state index contributed by atoms with van der Waals surface area (Å²) in [6.07, 6.45) is 5.62. The number of rotatable bonds is 5. The van der Waals surface area contributed by atoms with Gasteiger partial charge in [0.2, 0.25) is 0 Å². The Kier molecular flexibility index (Phi) is 6.65. The fourth-order valence-corrected chi connectivity index (χ4v) is 4.85. The van der Waals surface area contributed by atoms with E-state index in [2.05, 4.69) is 35.8 Å². The molecule has 0 aliphatic heterocycles. The molecule has 0 bridgehead atoms. The fourth-order valence-electron chi connectivity index (χ4n) is 1.27. The minimum Gasteiger partial charge on any atom is -0.256 e. The van der Waals surface area contributed by atoms with Crippen molar-refractivity contribution in [1.29, 1.82) is 0 Å². The number of hydrogen-bond acceptors (Lipinski definition) is 1.